The van der Waals surface area contributed by atoms with Gasteiger partial charge in [0.2, 0.25) is 0 Å². The van der Waals surface area contributed by atoms with E-state index in [1.54, 1.807) is 17.9 Å². The van der Waals surface area contributed by atoms with E-state index in [0.29, 0.717) is 18.8 Å². The number of aromatic nitrogens is 2. The van der Waals surface area contributed by atoms with Gasteiger partial charge in [-0.15, -0.1) is 0 Å². The highest BCUT2D eigenvalue weighted by Gasteiger charge is 2.11. The van der Waals surface area contributed by atoms with Crippen LogP contribution in [0.1, 0.15) is 11.1 Å². The number of anilines is 2. The molecule has 2 aromatic rings. The minimum Gasteiger partial charge on any atom is -0.390 e. The largest absolute Gasteiger partial charge is 0.390 e. The Labute approximate surface area is 147 Å². The average molecular weight is 347 g/mol. The molecule has 2 amide bonds. The molecule has 1 aromatic heterocycles. The summed E-state index contributed by atoms with van der Waals surface area (Å²) in [6.07, 6.45) is 2.56. The maximum Gasteiger partial charge on any atom is 0.323 e. The molecule has 3 N–H and O–H groups in total. The molecule has 8 heteroatoms. The van der Waals surface area contributed by atoms with Crippen molar-refractivity contribution in [3.63, 3.8) is 0 Å². The first-order chi connectivity index (χ1) is 11.9. The predicted molar refractivity (Wildman–Crippen MR) is 96.4 cm³/mol. The van der Waals surface area contributed by atoms with E-state index in [1.165, 1.54) is 18.4 Å². The van der Waals surface area contributed by atoms with Gasteiger partial charge in [-0.1, -0.05) is 6.07 Å². The highest BCUT2D eigenvalue weighted by Crippen LogP contribution is 2.14. The Balaban J connectivity index is 1.88. The van der Waals surface area contributed by atoms with Gasteiger partial charge in [0.15, 0.2) is 0 Å². The normalized spacial score (nSPS) is 12.2. The number of nitrogens with one attached hydrogen (secondary N) is 2. The number of carbonyl (C=O) groups excluding carboxylic acids is 1. The number of rotatable bonds is 7. The zero-order chi connectivity index (χ0) is 18.4. The third-order valence-corrected chi connectivity index (χ3v) is 3.55. The van der Waals surface area contributed by atoms with E-state index >= 15 is 0 Å². The Morgan fingerprint density at radius 2 is 1.92 bits per heavy atom. The van der Waals surface area contributed by atoms with Crippen molar-refractivity contribution in [3.8, 4) is 0 Å². The molecule has 0 radical (unpaired) electrons. The molecule has 8 nitrogen and oxygen atoms in total. The summed E-state index contributed by atoms with van der Waals surface area (Å²) in [5.74, 6) is 0. The number of aryl methyl sites for hydroxylation is 2. The maximum atomic E-state index is 12.1. The van der Waals surface area contributed by atoms with Crippen LogP contribution < -0.4 is 10.6 Å². The summed E-state index contributed by atoms with van der Waals surface area (Å²) in [6.45, 7) is 4.61. The fourth-order valence-electron chi connectivity index (χ4n) is 2.51. The number of nitrogens with zero attached hydrogens (tertiary/aromatic N) is 3. The van der Waals surface area contributed by atoms with E-state index in [9.17, 15) is 9.90 Å². The van der Waals surface area contributed by atoms with Crippen LogP contribution in [-0.2, 0) is 11.4 Å². The number of hydrogen-bond donors (Lipinski definition) is 3. The van der Waals surface area contributed by atoms with Crippen LogP contribution in [0.5, 0.6) is 0 Å². The van der Waals surface area contributed by atoms with Gasteiger partial charge >= 0.3 is 6.03 Å². The summed E-state index contributed by atoms with van der Waals surface area (Å²) in [4.78, 5) is 17.1. The molecule has 136 valence electrons. The number of aliphatic hydroxyl groups is 1. The van der Waals surface area contributed by atoms with Crippen LogP contribution in [-0.4, -0.2) is 52.8 Å². The number of hydroxylamine groups is 2. The van der Waals surface area contributed by atoms with Gasteiger partial charge in [-0.25, -0.2) is 4.79 Å². The summed E-state index contributed by atoms with van der Waals surface area (Å²) < 4.78 is 1.57. The van der Waals surface area contributed by atoms with Crippen LogP contribution in [0.2, 0.25) is 0 Å². The van der Waals surface area contributed by atoms with Crippen molar-refractivity contribution in [2.45, 2.75) is 26.5 Å². The van der Waals surface area contributed by atoms with Gasteiger partial charge in [0.1, 0.15) is 0 Å². The van der Waals surface area contributed by atoms with Crippen molar-refractivity contribution in [3.05, 3.63) is 41.7 Å². The van der Waals surface area contributed by atoms with Crippen LogP contribution in [0.4, 0.5) is 16.2 Å². The second-order valence-electron chi connectivity index (χ2n) is 6.05. The van der Waals surface area contributed by atoms with Crippen LogP contribution in [0.15, 0.2) is 30.6 Å². The predicted octanol–water partition coefficient (Wildman–Crippen LogP) is 2.00. The number of urea groups is 1. The molecule has 0 fully saturated rings. The van der Waals surface area contributed by atoms with Gasteiger partial charge in [-0.3, -0.25) is 4.68 Å². The zero-order valence-electron chi connectivity index (χ0n) is 15.0. The molecule has 0 saturated carbocycles. The number of carbonyl (C=O) groups is 1. The zero-order valence-corrected chi connectivity index (χ0v) is 15.0. The van der Waals surface area contributed by atoms with Crippen LogP contribution in [0, 0.1) is 13.8 Å². The highest BCUT2D eigenvalue weighted by atomic mass is 16.7. The van der Waals surface area contributed by atoms with Gasteiger partial charge in [-0.05, 0) is 37.1 Å². The van der Waals surface area contributed by atoms with Crippen LogP contribution >= 0.6 is 0 Å². The van der Waals surface area contributed by atoms with Gasteiger partial charge < -0.3 is 20.6 Å². The average Bonchev–Trinajstić information content (AvgIpc) is 2.92. The van der Waals surface area contributed by atoms with E-state index < -0.39 is 6.10 Å². The molecule has 0 aliphatic carbocycles. The summed E-state index contributed by atoms with van der Waals surface area (Å²) in [7, 11) is 3.27. The second kappa shape index (κ2) is 8.61. The Hall–Kier alpha value is -2.42. The second-order valence-corrected chi connectivity index (χ2v) is 6.05. The van der Waals surface area contributed by atoms with Gasteiger partial charge in [-0.2, -0.15) is 10.2 Å². The van der Waals surface area contributed by atoms with Crippen molar-refractivity contribution in [1.29, 1.82) is 0 Å². The molecule has 0 bridgehead atoms. The topological polar surface area (TPSA) is 91.7 Å². The van der Waals surface area contributed by atoms with E-state index in [4.69, 9.17) is 4.84 Å². The molecule has 1 unspecified atom stereocenters. The van der Waals surface area contributed by atoms with E-state index in [0.717, 1.165) is 16.8 Å². The number of likely N-dealkylation sites (N-methyl/N-ethyl adjacent to an activating group) is 1. The van der Waals surface area contributed by atoms with Gasteiger partial charge in [0.25, 0.3) is 0 Å². The highest BCUT2D eigenvalue weighted by molar-refractivity contribution is 5.99. The van der Waals surface area contributed by atoms with E-state index in [-0.39, 0.29) is 6.03 Å². The molecule has 0 spiro atoms. The monoisotopic (exact) mass is 347 g/mol. The first-order valence-corrected chi connectivity index (χ1v) is 7.98. The number of benzene rings is 1. The third kappa shape index (κ3) is 6.18. The molecular weight excluding hydrogens is 322 g/mol. The summed E-state index contributed by atoms with van der Waals surface area (Å²) >= 11 is 0. The Morgan fingerprint density at radius 1 is 1.28 bits per heavy atom. The molecule has 1 atom stereocenters. The number of hydrogen-bond acceptors (Lipinski definition) is 5. The minimum absolute atomic E-state index is 0.300. The lowest BCUT2D eigenvalue weighted by atomic mass is 10.1. The Kier molecular flexibility index (Phi) is 6.51. The first kappa shape index (κ1) is 18.9. The molecule has 25 heavy (non-hydrogen) atoms. The Morgan fingerprint density at radius 3 is 2.56 bits per heavy atom. The van der Waals surface area contributed by atoms with Crippen molar-refractivity contribution >= 4 is 17.4 Å². The summed E-state index contributed by atoms with van der Waals surface area (Å²) in [6, 6.07) is 5.50. The van der Waals surface area contributed by atoms with Crippen LogP contribution in [0.25, 0.3) is 0 Å². The fourth-order valence-corrected chi connectivity index (χ4v) is 2.51. The number of amides is 2. The van der Waals surface area contributed by atoms with Crippen molar-refractivity contribution in [2.75, 3.05) is 31.3 Å². The minimum atomic E-state index is -0.637. The smallest absolute Gasteiger partial charge is 0.323 e. The first-order valence-electron chi connectivity index (χ1n) is 7.98. The molecule has 1 aromatic carbocycles. The van der Waals surface area contributed by atoms with Gasteiger partial charge in [0.05, 0.1) is 38.2 Å². The molecule has 0 aliphatic heterocycles. The lowest BCUT2D eigenvalue weighted by molar-refractivity contribution is -0.129. The third-order valence-electron chi connectivity index (χ3n) is 3.55. The van der Waals surface area contributed by atoms with Crippen molar-refractivity contribution in [2.24, 2.45) is 0 Å². The van der Waals surface area contributed by atoms with Crippen molar-refractivity contribution < 1.29 is 14.7 Å². The number of aliphatic hydroxyl groups excluding tert-OH is 1. The SMILES string of the molecule is CON(C)CC(O)Cn1cc(NC(=O)Nc2cc(C)cc(C)c2)cn1. The molecule has 0 saturated heterocycles. The molecular formula is C17H25N5O3. The summed E-state index contributed by atoms with van der Waals surface area (Å²) in [5.41, 5.74) is 3.45. The molecule has 2 rings (SSSR count). The Bertz CT molecular complexity index is 696. The summed E-state index contributed by atoms with van der Waals surface area (Å²) in [5, 5.41) is 21.1. The van der Waals surface area contributed by atoms with Crippen molar-refractivity contribution in [1.82, 2.24) is 14.8 Å². The molecule has 1 heterocycles. The molecule has 0 aliphatic rings. The van der Waals surface area contributed by atoms with Crippen LogP contribution in [0.3, 0.4) is 0 Å². The standard InChI is InChI=1S/C17H25N5O3/c1-12-5-13(2)7-14(6-12)19-17(24)20-15-8-18-22(9-15)11-16(23)10-21(3)25-4/h5-9,16,23H,10-11H2,1-4H3,(H2,19,20,24). The quantitative estimate of drug-likeness (QED) is 0.666. The lowest BCUT2D eigenvalue weighted by Crippen LogP contribution is -2.31. The van der Waals surface area contributed by atoms with E-state index in [2.05, 4.69) is 15.7 Å². The lowest BCUT2D eigenvalue weighted by Gasteiger charge is -2.17. The fraction of sp³-hybridized carbons (Fsp3) is 0.412. The van der Waals surface area contributed by atoms with Gasteiger partial charge in [0, 0.05) is 18.9 Å². The maximum absolute atomic E-state index is 12.1. The van der Waals surface area contributed by atoms with E-state index in [1.807, 2.05) is 32.0 Å².